The third kappa shape index (κ3) is 3.44. The van der Waals surface area contributed by atoms with Crippen LogP contribution in [0, 0.1) is 0 Å². The van der Waals surface area contributed by atoms with Gasteiger partial charge in [-0.15, -0.1) is 0 Å². The Morgan fingerprint density at radius 2 is 1.67 bits per heavy atom. The Morgan fingerprint density at radius 1 is 1.05 bits per heavy atom. The van der Waals surface area contributed by atoms with Crippen molar-refractivity contribution >= 4 is 11.6 Å². The summed E-state index contributed by atoms with van der Waals surface area (Å²) in [6, 6.07) is 8.69. The first kappa shape index (κ1) is 14.7. The average Bonchev–Trinajstić information content (AvgIpc) is 2.40. The highest BCUT2D eigenvalue weighted by Crippen LogP contribution is 2.39. The van der Waals surface area contributed by atoms with Gasteiger partial charge in [0.1, 0.15) is 17.1 Å². The molecule has 0 radical (unpaired) electrons. The summed E-state index contributed by atoms with van der Waals surface area (Å²) in [4.78, 5) is 10.9. The van der Waals surface area contributed by atoms with Crippen molar-refractivity contribution in [2.75, 3.05) is 5.73 Å². The molecule has 0 atom stereocenters. The van der Waals surface area contributed by atoms with E-state index < -0.39 is 17.6 Å². The first-order valence-corrected chi connectivity index (χ1v) is 5.82. The number of hydrogen-bond donors (Lipinski definition) is 2. The number of carbonyl (C=O) groups excluding carboxylic acids is 1. The lowest BCUT2D eigenvalue weighted by molar-refractivity contribution is -0.138. The molecule has 4 nitrogen and oxygen atoms in total. The summed E-state index contributed by atoms with van der Waals surface area (Å²) in [5.41, 5.74) is 9.68. The Hall–Kier alpha value is -2.70. The van der Waals surface area contributed by atoms with Crippen LogP contribution in [0.5, 0.6) is 11.5 Å². The Kier molecular flexibility index (Phi) is 3.75. The maximum Gasteiger partial charge on any atom is 0.420 e. The second-order valence-electron chi connectivity index (χ2n) is 4.24. The smallest absolute Gasteiger partial charge is 0.420 e. The second kappa shape index (κ2) is 5.35. The largest absolute Gasteiger partial charge is 0.457 e. The lowest BCUT2D eigenvalue weighted by Crippen LogP contribution is -2.10. The first-order valence-electron chi connectivity index (χ1n) is 5.82. The molecule has 0 saturated carbocycles. The molecule has 1 amide bonds. The zero-order valence-corrected chi connectivity index (χ0v) is 10.6. The number of halogens is 3. The van der Waals surface area contributed by atoms with E-state index in [-0.39, 0.29) is 22.7 Å². The SMILES string of the molecule is NC(=O)c1ccc(Oc2ccc(N)cc2C(F)(F)F)cc1. The van der Waals surface area contributed by atoms with Crippen LogP contribution >= 0.6 is 0 Å². The molecule has 0 heterocycles. The van der Waals surface area contributed by atoms with E-state index in [1.165, 1.54) is 30.3 Å². The highest BCUT2D eigenvalue weighted by atomic mass is 19.4. The number of hydrogen-bond acceptors (Lipinski definition) is 3. The number of nitrogen functional groups attached to an aromatic ring is 1. The number of anilines is 1. The molecule has 2 aromatic carbocycles. The standard InChI is InChI=1S/C14H11F3N2O2/c15-14(16,17)11-7-9(18)3-6-12(11)21-10-4-1-8(2-5-10)13(19)20/h1-7H,18H2,(H2,19,20). The molecule has 0 unspecified atom stereocenters. The average molecular weight is 296 g/mol. The van der Waals surface area contributed by atoms with Gasteiger partial charge in [-0.25, -0.2) is 0 Å². The van der Waals surface area contributed by atoms with Crippen molar-refractivity contribution in [2.24, 2.45) is 5.73 Å². The van der Waals surface area contributed by atoms with E-state index in [0.717, 1.165) is 12.1 Å². The monoisotopic (exact) mass is 296 g/mol. The molecule has 2 rings (SSSR count). The molecule has 0 aliphatic carbocycles. The highest BCUT2D eigenvalue weighted by Gasteiger charge is 2.34. The fourth-order valence-electron chi connectivity index (χ4n) is 1.67. The maximum atomic E-state index is 12.9. The quantitative estimate of drug-likeness (QED) is 0.854. The Labute approximate surface area is 118 Å². The lowest BCUT2D eigenvalue weighted by atomic mass is 10.1. The summed E-state index contributed by atoms with van der Waals surface area (Å²) >= 11 is 0. The van der Waals surface area contributed by atoms with Gasteiger partial charge in [0.2, 0.25) is 5.91 Å². The first-order chi connectivity index (χ1) is 9.77. The van der Waals surface area contributed by atoms with E-state index >= 15 is 0 Å². The second-order valence-corrected chi connectivity index (χ2v) is 4.24. The van der Waals surface area contributed by atoms with Gasteiger partial charge < -0.3 is 16.2 Å². The van der Waals surface area contributed by atoms with Gasteiger partial charge in [0.25, 0.3) is 0 Å². The van der Waals surface area contributed by atoms with Crippen molar-refractivity contribution in [3.63, 3.8) is 0 Å². The van der Waals surface area contributed by atoms with Crippen molar-refractivity contribution in [1.29, 1.82) is 0 Å². The van der Waals surface area contributed by atoms with Crippen LogP contribution in [-0.4, -0.2) is 5.91 Å². The number of benzene rings is 2. The van der Waals surface area contributed by atoms with Gasteiger partial charge in [0.15, 0.2) is 0 Å². The number of rotatable bonds is 3. The molecule has 2 aromatic rings. The highest BCUT2D eigenvalue weighted by molar-refractivity contribution is 5.92. The molecule has 7 heteroatoms. The zero-order chi connectivity index (χ0) is 15.6. The fourth-order valence-corrected chi connectivity index (χ4v) is 1.67. The van der Waals surface area contributed by atoms with Crippen molar-refractivity contribution in [3.05, 3.63) is 53.6 Å². The van der Waals surface area contributed by atoms with E-state index in [2.05, 4.69) is 0 Å². The van der Waals surface area contributed by atoms with Crippen LogP contribution in [0.15, 0.2) is 42.5 Å². The summed E-state index contributed by atoms with van der Waals surface area (Å²) in [5, 5.41) is 0. The Balaban J connectivity index is 2.33. The summed E-state index contributed by atoms with van der Waals surface area (Å²) in [6.45, 7) is 0. The fraction of sp³-hybridized carbons (Fsp3) is 0.0714. The van der Waals surface area contributed by atoms with Crippen LogP contribution in [0.2, 0.25) is 0 Å². The van der Waals surface area contributed by atoms with Crippen molar-refractivity contribution in [2.45, 2.75) is 6.18 Å². The molecule has 0 aromatic heterocycles. The lowest BCUT2D eigenvalue weighted by Gasteiger charge is -2.14. The van der Waals surface area contributed by atoms with Gasteiger partial charge in [-0.05, 0) is 42.5 Å². The van der Waals surface area contributed by atoms with E-state index in [0.29, 0.717) is 0 Å². The molecule has 0 aliphatic rings. The van der Waals surface area contributed by atoms with Crippen molar-refractivity contribution < 1.29 is 22.7 Å². The Morgan fingerprint density at radius 3 is 2.19 bits per heavy atom. The third-order valence-corrected chi connectivity index (χ3v) is 2.68. The minimum Gasteiger partial charge on any atom is -0.457 e. The Bertz CT molecular complexity index is 667. The summed E-state index contributed by atoms with van der Waals surface area (Å²) in [5.74, 6) is -0.858. The molecule has 4 N–H and O–H groups in total. The van der Waals surface area contributed by atoms with Crippen LogP contribution < -0.4 is 16.2 Å². The maximum absolute atomic E-state index is 12.9. The van der Waals surface area contributed by atoms with Crippen LogP contribution in [0.3, 0.4) is 0 Å². The number of alkyl halides is 3. The number of ether oxygens (including phenoxy) is 1. The number of primary amides is 1. The molecule has 0 bridgehead atoms. The van der Waals surface area contributed by atoms with Crippen LogP contribution in [0.1, 0.15) is 15.9 Å². The molecule has 0 saturated heterocycles. The molecule has 0 aliphatic heterocycles. The predicted molar refractivity (Wildman–Crippen MR) is 70.9 cm³/mol. The van der Waals surface area contributed by atoms with E-state index in [4.69, 9.17) is 16.2 Å². The van der Waals surface area contributed by atoms with Gasteiger partial charge in [-0.2, -0.15) is 13.2 Å². The number of amides is 1. The van der Waals surface area contributed by atoms with Gasteiger partial charge in [0.05, 0.1) is 0 Å². The third-order valence-electron chi connectivity index (χ3n) is 2.68. The number of nitrogens with two attached hydrogens (primary N) is 2. The van der Waals surface area contributed by atoms with Gasteiger partial charge in [-0.3, -0.25) is 4.79 Å². The molecular formula is C14H11F3N2O2. The van der Waals surface area contributed by atoms with Gasteiger partial charge in [0, 0.05) is 11.3 Å². The zero-order valence-electron chi connectivity index (χ0n) is 10.6. The molecule has 110 valence electrons. The van der Waals surface area contributed by atoms with Crippen molar-refractivity contribution in [3.8, 4) is 11.5 Å². The van der Waals surface area contributed by atoms with E-state index in [1.54, 1.807) is 0 Å². The molecule has 21 heavy (non-hydrogen) atoms. The minimum atomic E-state index is -4.59. The van der Waals surface area contributed by atoms with Gasteiger partial charge in [-0.1, -0.05) is 0 Å². The summed E-state index contributed by atoms with van der Waals surface area (Å²) in [7, 11) is 0. The van der Waals surface area contributed by atoms with E-state index in [1.807, 2.05) is 0 Å². The van der Waals surface area contributed by atoms with Crippen LogP contribution in [0.4, 0.5) is 18.9 Å². The molecule has 0 fully saturated rings. The summed E-state index contributed by atoms with van der Waals surface area (Å²) in [6.07, 6.45) is -4.59. The summed E-state index contributed by atoms with van der Waals surface area (Å²) < 4.78 is 43.9. The topological polar surface area (TPSA) is 78.3 Å². The predicted octanol–water partition coefficient (Wildman–Crippen LogP) is 3.18. The van der Waals surface area contributed by atoms with Crippen molar-refractivity contribution in [1.82, 2.24) is 0 Å². The van der Waals surface area contributed by atoms with E-state index in [9.17, 15) is 18.0 Å². The normalized spacial score (nSPS) is 11.2. The van der Waals surface area contributed by atoms with Crippen LogP contribution in [-0.2, 0) is 6.18 Å². The molecule has 0 spiro atoms. The number of carbonyl (C=O) groups is 1. The minimum absolute atomic E-state index is 0.0150. The molecular weight excluding hydrogens is 285 g/mol. The van der Waals surface area contributed by atoms with Gasteiger partial charge >= 0.3 is 6.18 Å². The van der Waals surface area contributed by atoms with Crippen LogP contribution in [0.25, 0.3) is 0 Å².